The summed E-state index contributed by atoms with van der Waals surface area (Å²) in [4.78, 5) is 20.8. The first kappa shape index (κ1) is 15.3. The van der Waals surface area contributed by atoms with Gasteiger partial charge in [-0.3, -0.25) is 9.79 Å². The third-order valence-electron chi connectivity index (χ3n) is 5.16. The van der Waals surface area contributed by atoms with Crippen LogP contribution in [0.2, 0.25) is 0 Å². The van der Waals surface area contributed by atoms with E-state index in [4.69, 9.17) is 0 Å². The summed E-state index contributed by atoms with van der Waals surface area (Å²) in [5, 5.41) is 3.69. The van der Waals surface area contributed by atoms with Crippen molar-refractivity contribution in [2.45, 2.75) is 19.0 Å². The van der Waals surface area contributed by atoms with Gasteiger partial charge in [-0.2, -0.15) is 0 Å². The largest absolute Gasteiger partial charge is 0.342 e. The Kier molecular flexibility index (Phi) is 3.22. The summed E-state index contributed by atoms with van der Waals surface area (Å²) in [5.41, 5.74) is 5.34. The number of rotatable bonds is 3. The van der Waals surface area contributed by atoms with Crippen LogP contribution < -0.4 is 5.32 Å². The molecular weight excluding hydrogens is 331 g/mol. The molecule has 1 fully saturated rings. The van der Waals surface area contributed by atoms with Crippen molar-refractivity contribution in [3.8, 4) is 11.3 Å². The Labute approximate surface area is 149 Å². The Morgan fingerprint density at radius 3 is 3.00 bits per heavy atom. The lowest BCUT2D eigenvalue weighted by Gasteiger charge is -2.08. The van der Waals surface area contributed by atoms with Crippen molar-refractivity contribution in [3.63, 3.8) is 0 Å². The van der Waals surface area contributed by atoms with Gasteiger partial charge in [0.05, 0.1) is 29.0 Å². The van der Waals surface area contributed by atoms with E-state index < -0.39 is 12.1 Å². The molecule has 1 saturated carbocycles. The van der Waals surface area contributed by atoms with Crippen LogP contribution in [0.5, 0.6) is 0 Å². The molecule has 130 valence electrons. The van der Waals surface area contributed by atoms with Gasteiger partial charge >= 0.3 is 0 Å². The van der Waals surface area contributed by atoms with Gasteiger partial charge in [-0.15, -0.1) is 0 Å². The van der Waals surface area contributed by atoms with Crippen LogP contribution in [0.1, 0.15) is 12.0 Å². The van der Waals surface area contributed by atoms with E-state index in [0.717, 1.165) is 34.3 Å². The molecule has 6 heteroatoms. The number of aliphatic imine (C=N–C) groups is 1. The molecule has 2 aliphatic rings. The number of alkyl halides is 1. The lowest BCUT2D eigenvalue weighted by molar-refractivity contribution is -0.117. The Balaban J connectivity index is 1.54. The van der Waals surface area contributed by atoms with E-state index in [0.29, 0.717) is 12.2 Å². The summed E-state index contributed by atoms with van der Waals surface area (Å²) in [6, 6.07) is 10.1. The van der Waals surface area contributed by atoms with Gasteiger partial charge < -0.3 is 9.88 Å². The van der Waals surface area contributed by atoms with Crippen LogP contribution in [0.4, 0.5) is 15.9 Å². The second-order valence-corrected chi connectivity index (χ2v) is 6.89. The maximum atomic E-state index is 13.0. The molecule has 0 radical (unpaired) electrons. The van der Waals surface area contributed by atoms with Gasteiger partial charge in [0.15, 0.2) is 0 Å². The highest BCUT2D eigenvalue weighted by atomic mass is 19.1. The third-order valence-corrected chi connectivity index (χ3v) is 5.16. The molecule has 2 aromatic heterocycles. The molecule has 0 unspecified atom stereocenters. The molecule has 5 nitrogen and oxygen atoms in total. The number of anilines is 1. The number of hydrogen-bond donors (Lipinski definition) is 1. The molecule has 0 spiro atoms. The first-order valence-corrected chi connectivity index (χ1v) is 8.67. The van der Waals surface area contributed by atoms with Gasteiger partial charge in [0.2, 0.25) is 5.91 Å². The fourth-order valence-corrected chi connectivity index (χ4v) is 3.56. The van der Waals surface area contributed by atoms with E-state index in [9.17, 15) is 9.18 Å². The molecular formula is C20H17FN4O. The van der Waals surface area contributed by atoms with Gasteiger partial charge in [-0.1, -0.05) is 18.2 Å². The molecule has 26 heavy (non-hydrogen) atoms. The Morgan fingerprint density at radius 2 is 2.19 bits per heavy atom. The molecule has 3 aromatic rings. The first-order chi connectivity index (χ1) is 12.6. The molecule has 0 bridgehead atoms. The fourth-order valence-electron chi connectivity index (χ4n) is 3.56. The van der Waals surface area contributed by atoms with E-state index in [1.54, 1.807) is 6.20 Å². The number of nitrogens with zero attached hydrogens (tertiary/aromatic N) is 3. The predicted molar refractivity (Wildman–Crippen MR) is 99.6 cm³/mol. The average Bonchev–Trinajstić information content (AvgIpc) is 3.04. The number of aromatic nitrogens is 2. The van der Waals surface area contributed by atoms with Gasteiger partial charge in [0.1, 0.15) is 12.0 Å². The topological polar surface area (TPSA) is 59.3 Å². The van der Waals surface area contributed by atoms with Crippen molar-refractivity contribution in [2.75, 3.05) is 5.32 Å². The number of aryl methyl sites for hydroxylation is 1. The lowest BCUT2D eigenvalue weighted by Crippen LogP contribution is -2.15. The smallest absolute Gasteiger partial charge is 0.231 e. The first-order valence-electron chi connectivity index (χ1n) is 8.67. The van der Waals surface area contributed by atoms with Gasteiger partial charge in [0.25, 0.3) is 0 Å². The zero-order chi connectivity index (χ0) is 17.8. The van der Waals surface area contributed by atoms with E-state index in [-0.39, 0.29) is 5.91 Å². The number of pyridine rings is 1. The Bertz CT molecular complexity index is 1080. The summed E-state index contributed by atoms with van der Waals surface area (Å²) in [7, 11) is 1.99. The second-order valence-electron chi connectivity index (χ2n) is 6.89. The van der Waals surface area contributed by atoms with Crippen LogP contribution in [-0.2, 0) is 18.3 Å². The number of nitrogens with one attached hydrogen (secondary N) is 1. The number of fused-ring (bicyclic) bond motifs is 2. The molecule has 1 aromatic carbocycles. The second kappa shape index (κ2) is 5.49. The van der Waals surface area contributed by atoms with E-state index in [1.807, 2.05) is 25.4 Å². The maximum Gasteiger partial charge on any atom is 0.231 e. The number of benzene rings is 1. The molecule has 1 aliphatic heterocycles. The van der Waals surface area contributed by atoms with E-state index >= 15 is 0 Å². The summed E-state index contributed by atoms with van der Waals surface area (Å²) in [6.07, 6.45) is 3.83. The molecule has 5 rings (SSSR count). The predicted octanol–water partition coefficient (Wildman–Crippen LogP) is 3.80. The molecule has 1 N–H and O–H groups in total. The van der Waals surface area contributed by atoms with Crippen molar-refractivity contribution in [1.82, 2.24) is 9.55 Å². The summed E-state index contributed by atoms with van der Waals surface area (Å²) < 4.78 is 15.1. The number of para-hydroxylation sites is 1. The van der Waals surface area contributed by atoms with E-state index in [1.165, 1.54) is 5.56 Å². The standard InChI is InChI=1S/C20H17FN4O/c1-25-16(13-4-2-3-11-5-6-22-19(11)13)7-12-8-18(23-10-17(12)25)24-20(26)14-9-15(14)21/h2-4,6-8,10,14-15H,5,9H2,1H3,(H,23,24,26)/t14-,15+/m1/s1. The molecule has 1 amide bonds. The fraction of sp³-hybridized carbons (Fsp3) is 0.250. The zero-order valence-corrected chi connectivity index (χ0v) is 14.2. The summed E-state index contributed by atoms with van der Waals surface area (Å²) in [6.45, 7) is 0. The van der Waals surface area contributed by atoms with Crippen LogP contribution in [0.25, 0.3) is 22.2 Å². The highest BCUT2D eigenvalue weighted by molar-refractivity contribution is 5.97. The number of carbonyl (C=O) groups excluding carboxylic acids is 1. The number of carbonyl (C=O) groups is 1. The summed E-state index contributed by atoms with van der Waals surface area (Å²) >= 11 is 0. The highest BCUT2D eigenvalue weighted by Crippen LogP contribution is 2.38. The summed E-state index contributed by atoms with van der Waals surface area (Å²) in [5.74, 6) is -0.366. The number of amides is 1. The van der Waals surface area contributed by atoms with E-state index in [2.05, 4.69) is 38.1 Å². The van der Waals surface area contributed by atoms with Crippen molar-refractivity contribution >= 4 is 34.5 Å². The Morgan fingerprint density at radius 1 is 1.35 bits per heavy atom. The minimum absolute atomic E-state index is 0.296. The van der Waals surface area contributed by atoms with Gasteiger partial charge in [-0.25, -0.2) is 9.37 Å². The van der Waals surface area contributed by atoms with Crippen LogP contribution in [-0.4, -0.2) is 27.8 Å². The van der Waals surface area contributed by atoms with Crippen LogP contribution >= 0.6 is 0 Å². The van der Waals surface area contributed by atoms with Crippen molar-refractivity contribution < 1.29 is 9.18 Å². The molecule has 0 saturated heterocycles. The molecule has 2 atom stereocenters. The minimum Gasteiger partial charge on any atom is -0.342 e. The SMILES string of the molecule is Cn1c(-c2cccc3c2N=CC3)cc2cc(NC(=O)[C@@H]3C[C@@H]3F)ncc21. The van der Waals surface area contributed by atoms with Crippen LogP contribution in [0, 0.1) is 5.92 Å². The quantitative estimate of drug-likeness (QED) is 0.783. The third kappa shape index (κ3) is 2.33. The Hall–Kier alpha value is -3.02. The van der Waals surface area contributed by atoms with Crippen molar-refractivity contribution in [1.29, 1.82) is 0 Å². The van der Waals surface area contributed by atoms with Crippen LogP contribution in [0.3, 0.4) is 0 Å². The lowest BCUT2D eigenvalue weighted by atomic mass is 10.0. The van der Waals surface area contributed by atoms with Crippen molar-refractivity contribution in [2.24, 2.45) is 18.0 Å². The molecule has 3 heterocycles. The minimum atomic E-state index is -1.01. The highest BCUT2D eigenvalue weighted by Gasteiger charge is 2.43. The average molecular weight is 348 g/mol. The van der Waals surface area contributed by atoms with Crippen LogP contribution in [0.15, 0.2) is 41.5 Å². The zero-order valence-electron chi connectivity index (χ0n) is 14.2. The number of hydrogen-bond acceptors (Lipinski definition) is 3. The van der Waals surface area contributed by atoms with Crippen molar-refractivity contribution in [3.05, 3.63) is 42.1 Å². The van der Waals surface area contributed by atoms with Gasteiger partial charge in [-0.05, 0) is 24.1 Å². The molecule has 1 aliphatic carbocycles. The maximum absolute atomic E-state index is 13.0. The van der Waals surface area contributed by atoms with Gasteiger partial charge in [0, 0.05) is 30.6 Å². The monoisotopic (exact) mass is 348 g/mol. The number of halogens is 1. The normalized spacial score (nSPS) is 20.4.